The fraction of sp³-hybridized carbons (Fsp3) is 0.500. The van der Waals surface area contributed by atoms with Crippen LogP contribution < -0.4 is 10.2 Å². The van der Waals surface area contributed by atoms with Crippen LogP contribution in [0, 0.1) is 0 Å². The maximum absolute atomic E-state index is 9.75. The first-order valence-corrected chi connectivity index (χ1v) is 2.20. The van der Waals surface area contributed by atoms with Crippen molar-refractivity contribution in [2.24, 2.45) is 0 Å². The Morgan fingerprint density at radius 3 is 1.50 bits per heavy atom. The molecule has 1 aliphatic heterocycles. The van der Waals surface area contributed by atoms with Crippen molar-refractivity contribution >= 4 is 35.0 Å². The van der Waals surface area contributed by atoms with E-state index in [0.717, 1.165) is 0 Å². The Labute approximate surface area is 72.1 Å². The van der Waals surface area contributed by atoms with E-state index in [0.29, 0.717) is 0 Å². The van der Waals surface area contributed by atoms with E-state index in [-0.39, 0.29) is 23.1 Å². The Hall–Kier alpha value is -0.334. The van der Waals surface area contributed by atoms with E-state index in [1.807, 2.05) is 0 Å². The van der Waals surface area contributed by atoms with Crippen molar-refractivity contribution in [3.63, 3.8) is 0 Å². The summed E-state index contributed by atoms with van der Waals surface area (Å²) in [4.78, 5) is 19.5. The molecule has 5 nitrogen and oxygen atoms in total. The predicted octanol–water partition coefficient (Wildman–Crippen LogP) is -4.13. The van der Waals surface area contributed by atoms with Crippen LogP contribution in [0.4, 0.5) is 0 Å². The molecule has 1 heterocycles. The Morgan fingerprint density at radius 2 is 1.40 bits per heavy atom. The van der Waals surface area contributed by atoms with Gasteiger partial charge in [0.2, 0.25) is 0 Å². The standard InChI is InChI=1S/C4H4O5.Mg/c5-3(6)1-2(9-1)4(7)8;/h1-2H,(H,5,6)(H,7,8);/q;+2/p-2/t1-,2+;. The molecule has 0 N–H and O–H groups in total. The van der Waals surface area contributed by atoms with Gasteiger partial charge in [0.05, 0.1) is 11.9 Å². The predicted molar refractivity (Wildman–Crippen MR) is 24.4 cm³/mol. The first-order chi connectivity index (χ1) is 4.13. The van der Waals surface area contributed by atoms with Crippen molar-refractivity contribution in [2.45, 2.75) is 12.2 Å². The molecule has 0 bridgehead atoms. The molecule has 1 saturated heterocycles. The number of epoxide rings is 1. The van der Waals surface area contributed by atoms with Gasteiger partial charge in [0.25, 0.3) is 0 Å². The Bertz CT molecular complexity index is 149. The molecule has 0 unspecified atom stereocenters. The van der Waals surface area contributed by atoms with Gasteiger partial charge in [-0.15, -0.1) is 0 Å². The van der Waals surface area contributed by atoms with Crippen molar-refractivity contribution in [3.8, 4) is 0 Å². The summed E-state index contributed by atoms with van der Waals surface area (Å²) in [5.41, 5.74) is 0. The maximum atomic E-state index is 9.75. The van der Waals surface area contributed by atoms with Gasteiger partial charge >= 0.3 is 23.1 Å². The molecule has 6 heteroatoms. The summed E-state index contributed by atoms with van der Waals surface area (Å²) in [6.07, 6.45) is -2.59. The number of hydrogen-bond acceptors (Lipinski definition) is 5. The molecule has 0 aromatic heterocycles. The van der Waals surface area contributed by atoms with Gasteiger partial charge in [-0.1, -0.05) is 0 Å². The largest absolute Gasteiger partial charge is 2.00 e. The minimum atomic E-state index is -1.51. The average Bonchev–Trinajstić information content (AvgIpc) is 2.39. The van der Waals surface area contributed by atoms with Crippen LogP contribution in [0.15, 0.2) is 0 Å². The van der Waals surface area contributed by atoms with Crippen molar-refractivity contribution < 1.29 is 24.5 Å². The second-order valence-electron chi connectivity index (χ2n) is 1.62. The van der Waals surface area contributed by atoms with E-state index in [2.05, 4.69) is 4.74 Å². The topological polar surface area (TPSA) is 92.8 Å². The van der Waals surface area contributed by atoms with Crippen LogP contribution in [0.2, 0.25) is 0 Å². The third kappa shape index (κ3) is 1.82. The summed E-state index contributed by atoms with van der Waals surface area (Å²) in [5, 5.41) is 19.5. The molecule has 0 aromatic rings. The summed E-state index contributed by atoms with van der Waals surface area (Å²) in [6.45, 7) is 0. The fourth-order valence-corrected chi connectivity index (χ4v) is 0.471. The van der Waals surface area contributed by atoms with Crippen LogP contribution in [0.3, 0.4) is 0 Å². The molecule has 1 aliphatic rings. The minimum Gasteiger partial charge on any atom is -0.547 e. The van der Waals surface area contributed by atoms with Crippen LogP contribution in [-0.4, -0.2) is 47.2 Å². The molecular weight excluding hydrogens is 152 g/mol. The average molecular weight is 154 g/mol. The third-order valence-electron chi connectivity index (χ3n) is 0.956. The van der Waals surface area contributed by atoms with Crippen molar-refractivity contribution in [2.75, 3.05) is 0 Å². The third-order valence-corrected chi connectivity index (χ3v) is 0.956. The zero-order valence-electron chi connectivity index (χ0n) is 4.90. The zero-order valence-corrected chi connectivity index (χ0v) is 6.32. The molecule has 0 spiro atoms. The summed E-state index contributed by atoms with van der Waals surface area (Å²) in [6, 6.07) is 0. The Kier molecular flexibility index (Phi) is 3.07. The molecule has 0 saturated carbocycles. The number of carboxylic acids is 2. The Balaban J connectivity index is 0.000000810. The summed E-state index contributed by atoms with van der Waals surface area (Å²) >= 11 is 0. The molecule has 0 radical (unpaired) electrons. The second kappa shape index (κ2) is 3.17. The van der Waals surface area contributed by atoms with Crippen LogP contribution in [0.25, 0.3) is 0 Å². The Morgan fingerprint density at radius 1 is 1.10 bits per heavy atom. The van der Waals surface area contributed by atoms with Gasteiger partial charge in [0, 0.05) is 0 Å². The molecular formula is C4H2MgO5. The molecule has 1 rings (SSSR count). The number of ether oxygens (including phenoxy) is 1. The summed E-state index contributed by atoms with van der Waals surface area (Å²) < 4.78 is 4.12. The van der Waals surface area contributed by atoms with Gasteiger partial charge in [0.1, 0.15) is 12.2 Å². The van der Waals surface area contributed by atoms with E-state index in [9.17, 15) is 19.8 Å². The number of hydrogen-bond donors (Lipinski definition) is 0. The van der Waals surface area contributed by atoms with Gasteiger partial charge in [-0.3, -0.25) is 0 Å². The molecule has 0 amide bonds. The zero-order chi connectivity index (χ0) is 7.02. The van der Waals surface area contributed by atoms with E-state index in [1.54, 1.807) is 0 Å². The molecule has 0 aromatic carbocycles. The number of carboxylic acid groups (broad SMARTS) is 2. The molecule has 1 fully saturated rings. The maximum Gasteiger partial charge on any atom is 2.00 e. The van der Waals surface area contributed by atoms with Gasteiger partial charge in [0.15, 0.2) is 0 Å². The van der Waals surface area contributed by atoms with Crippen LogP contribution >= 0.6 is 0 Å². The van der Waals surface area contributed by atoms with Crippen molar-refractivity contribution in [1.29, 1.82) is 0 Å². The summed E-state index contributed by atoms with van der Waals surface area (Å²) in [5.74, 6) is -3.02. The van der Waals surface area contributed by atoms with E-state index in [4.69, 9.17) is 0 Å². The van der Waals surface area contributed by atoms with E-state index >= 15 is 0 Å². The molecule has 50 valence electrons. The number of carbonyl (C=O) groups is 2. The van der Waals surface area contributed by atoms with E-state index < -0.39 is 24.1 Å². The van der Waals surface area contributed by atoms with Crippen molar-refractivity contribution in [1.82, 2.24) is 0 Å². The van der Waals surface area contributed by atoms with E-state index in [1.165, 1.54) is 0 Å². The molecule has 2 atom stereocenters. The molecule has 10 heavy (non-hydrogen) atoms. The SMILES string of the molecule is O=C([O-])[C@H]1O[C@H]1C(=O)[O-].[Mg+2]. The minimum absolute atomic E-state index is 0. The second-order valence-corrected chi connectivity index (χ2v) is 1.62. The van der Waals surface area contributed by atoms with Gasteiger partial charge in [-0.25, -0.2) is 0 Å². The quantitative estimate of drug-likeness (QED) is 0.297. The first kappa shape index (κ1) is 9.67. The van der Waals surface area contributed by atoms with Crippen molar-refractivity contribution in [3.05, 3.63) is 0 Å². The van der Waals surface area contributed by atoms with Gasteiger partial charge in [-0.05, 0) is 0 Å². The fourth-order valence-electron chi connectivity index (χ4n) is 0.471. The molecule has 0 aliphatic carbocycles. The van der Waals surface area contributed by atoms with Gasteiger partial charge in [-0.2, -0.15) is 0 Å². The number of aliphatic carboxylic acids is 2. The number of rotatable bonds is 2. The summed E-state index contributed by atoms with van der Waals surface area (Å²) in [7, 11) is 0. The first-order valence-electron chi connectivity index (χ1n) is 2.20. The van der Waals surface area contributed by atoms with Gasteiger partial charge < -0.3 is 24.5 Å². The smallest absolute Gasteiger partial charge is 0.547 e. The van der Waals surface area contributed by atoms with Crippen LogP contribution in [-0.2, 0) is 14.3 Å². The van der Waals surface area contributed by atoms with Crippen LogP contribution in [0.1, 0.15) is 0 Å². The normalized spacial score (nSPS) is 28.4. The van der Waals surface area contributed by atoms with Crippen LogP contribution in [0.5, 0.6) is 0 Å². The number of carbonyl (C=O) groups excluding carboxylic acids is 2. The monoisotopic (exact) mass is 154 g/mol.